The molecule has 5 nitrogen and oxygen atoms in total. The van der Waals surface area contributed by atoms with Gasteiger partial charge in [0, 0.05) is 19.5 Å². The van der Waals surface area contributed by atoms with Gasteiger partial charge in [-0.2, -0.15) is 0 Å². The Balaban J connectivity index is 4.01. The zero-order valence-corrected chi connectivity index (χ0v) is 24.9. The topological polar surface area (TPSA) is 81.0 Å². The summed E-state index contributed by atoms with van der Waals surface area (Å²) in [5, 5.41) is 30.2. The van der Waals surface area contributed by atoms with Crippen molar-refractivity contribution in [2.75, 3.05) is 19.6 Å². The zero-order chi connectivity index (χ0) is 27.4. The highest BCUT2D eigenvalue weighted by Gasteiger charge is 2.16. The second-order valence-electron chi connectivity index (χ2n) is 11.5. The van der Waals surface area contributed by atoms with Crippen LogP contribution in [0.2, 0.25) is 0 Å². The molecule has 0 aromatic rings. The summed E-state index contributed by atoms with van der Waals surface area (Å²) in [7, 11) is 0. The summed E-state index contributed by atoms with van der Waals surface area (Å²) < 4.78 is 0. The SMILES string of the molecule is CCCCCCCCCCCCC(O)CN(CCCC(=O)O)CC(O)CCCCCCCCCCCC. The van der Waals surface area contributed by atoms with Crippen LogP contribution in [0.3, 0.4) is 0 Å². The standard InChI is InChI=1S/C32H65NO4/c1-3-5-7-9-11-13-15-17-19-21-24-30(34)28-33(27-23-26-32(36)37)29-31(35)25-22-20-18-16-14-12-10-8-6-4-2/h30-31,34-35H,3-29H2,1-2H3,(H,36,37). The van der Waals surface area contributed by atoms with Gasteiger partial charge in [0.25, 0.3) is 0 Å². The lowest BCUT2D eigenvalue weighted by Crippen LogP contribution is -2.38. The van der Waals surface area contributed by atoms with Gasteiger partial charge in [-0.1, -0.05) is 142 Å². The minimum absolute atomic E-state index is 0.138. The number of rotatable bonds is 30. The molecule has 0 spiro atoms. The molecule has 2 atom stereocenters. The monoisotopic (exact) mass is 527 g/mol. The van der Waals surface area contributed by atoms with Crippen molar-refractivity contribution in [3.8, 4) is 0 Å². The molecule has 0 bridgehead atoms. The van der Waals surface area contributed by atoms with Crippen LogP contribution in [-0.2, 0) is 4.79 Å². The van der Waals surface area contributed by atoms with Gasteiger partial charge < -0.3 is 15.3 Å². The van der Waals surface area contributed by atoms with Gasteiger partial charge in [-0.15, -0.1) is 0 Å². The predicted molar refractivity (Wildman–Crippen MR) is 158 cm³/mol. The second kappa shape index (κ2) is 28.4. The van der Waals surface area contributed by atoms with Gasteiger partial charge >= 0.3 is 5.97 Å². The molecule has 37 heavy (non-hydrogen) atoms. The van der Waals surface area contributed by atoms with Crippen molar-refractivity contribution in [2.45, 2.75) is 180 Å². The largest absolute Gasteiger partial charge is 0.481 e. The first-order valence-corrected chi connectivity index (χ1v) is 16.3. The van der Waals surface area contributed by atoms with Crippen LogP contribution < -0.4 is 0 Å². The fraction of sp³-hybridized carbons (Fsp3) is 0.969. The summed E-state index contributed by atoms with van der Waals surface area (Å²) in [5.41, 5.74) is 0. The van der Waals surface area contributed by atoms with Crippen LogP contribution in [0.1, 0.15) is 168 Å². The molecule has 0 rings (SSSR count). The van der Waals surface area contributed by atoms with E-state index in [1.54, 1.807) is 0 Å². The Morgan fingerprint density at radius 3 is 1.19 bits per heavy atom. The van der Waals surface area contributed by atoms with Crippen LogP contribution in [0.4, 0.5) is 0 Å². The van der Waals surface area contributed by atoms with E-state index in [9.17, 15) is 15.0 Å². The predicted octanol–water partition coefficient (Wildman–Crippen LogP) is 8.50. The molecule has 0 aromatic carbocycles. The quantitative estimate of drug-likeness (QED) is 0.0816. The van der Waals surface area contributed by atoms with Crippen molar-refractivity contribution in [1.29, 1.82) is 0 Å². The summed E-state index contributed by atoms with van der Waals surface area (Å²) in [6, 6.07) is 0. The van der Waals surface area contributed by atoms with Crippen LogP contribution in [0.15, 0.2) is 0 Å². The lowest BCUT2D eigenvalue weighted by Gasteiger charge is -2.27. The first kappa shape index (κ1) is 36.4. The number of carboxylic acids is 1. The highest BCUT2D eigenvalue weighted by Crippen LogP contribution is 2.15. The summed E-state index contributed by atoms with van der Waals surface area (Å²) in [5.74, 6) is -0.781. The molecule has 0 heterocycles. The summed E-state index contributed by atoms with van der Waals surface area (Å²) in [6.07, 6.45) is 27.2. The van der Waals surface area contributed by atoms with E-state index >= 15 is 0 Å². The van der Waals surface area contributed by atoms with Crippen LogP contribution in [-0.4, -0.2) is 58.0 Å². The van der Waals surface area contributed by atoms with E-state index in [0.717, 1.165) is 25.7 Å². The van der Waals surface area contributed by atoms with Gasteiger partial charge in [0.2, 0.25) is 0 Å². The Morgan fingerprint density at radius 1 is 0.541 bits per heavy atom. The number of carboxylic acid groups (broad SMARTS) is 1. The third-order valence-corrected chi connectivity index (χ3v) is 7.58. The zero-order valence-electron chi connectivity index (χ0n) is 24.9. The number of carbonyl (C=O) groups is 1. The van der Waals surface area contributed by atoms with E-state index in [0.29, 0.717) is 26.1 Å². The highest BCUT2D eigenvalue weighted by molar-refractivity contribution is 5.66. The minimum Gasteiger partial charge on any atom is -0.481 e. The van der Waals surface area contributed by atoms with Gasteiger partial charge in [0.15, 0.2) is 0 Å². The lowest BCUT2D eigenvalue weighted by atomic mass is 10.0. The van der Waals surface area contributed by atoms with E-state index < -0.39 is 18.2 Å². The fourth-order valence-corrected chi connectivity index (χ4v) is 5.22. The summed E-state index contributed by atoms with van der Waals surface area (Å²) in [6.45, 7) is 6.20. The van der Waals surface area contributed by atoms with E-state index in [1.165, 1.54) is 116 Å². The maximum atomic E-state index is 10.9. The van der Waals surface area contributed by atoms with Crippen LogP contribution in [0, 0.1) is 0 Å². The molecule has 0 saturated heterocycles. The Hall–Kier alpha value is -0.650. The Bertz CT molecular complexity index is 442. The van der Waals surface area contributed by atoms with Crippen molar-refractivity contribution in [2.24, 2.45) is 0 Å². The van der Waals surface area contributed by atoms with Crippen LogP contribution >= 0.6 is 0 Å². The average Bonchev–Trinajstić information content (AvgIpc) is 2.86. The maximum Gasteiger partial charge on any atom is 0.303 e. The number of hydrogen-bond donors (Lipinski definition) is 3. The molecule has 5 heteroatoms. The molecule has 0 aliphatic heterocycles. The molecule has 3 N–H and O–H groups in total. The number of aliphatic carboxylic acids is 1. The molecule has 0 radical (unpaired) electrons. The Kier molecular flexibility index (Phi) is 27.9. The smallest absolute Gasteiger partial charge is 0.303 e. The Morgan fingerprint density at radius 2 is 0.865 bits per heavy atom. The summed E-state index contributed by atoms with van der Waals surface area (Å²) in [4.78, 5) is 13.0. The molecular formula is C32H65NO4. The van der Waals surface area contributed by atoms with Crippen molar-refractivity contribution < 1.29 is 20.1 Å². The van der Waals surface area contributed by atoms with Crippen molar-refractivity contribution >= 4 is 5.97 Å². The third kappa shape index (κ3) is 28.2. The van der Waals surface area contributed by atoms with Crippen LogP contribution in [0.25, 0.3) is 0 Å². The van der Waals surface area contributed by atoms with Crippen molar-refractivity contribution in [3.05, 3.63) is 0 Å². The number of hydrogen-bond acceptors (Lipinski definition) is 4. The number of nitrogens with zero attached hydrogens (tertiary/aromatic N) is 1. The minimum atomic E-state index is -0.781. The first-order chi connectivity index (χ1) is 18.0. The molecule has 0 saturated carbocycles. The first-order valence-electron chi connectivity index (χ1n) is 16.3. The molecule has 2 unspecified atom stereocenters. The molecular weight excluding hydrogens is 462 g/mol. The maximum absolute atomic E-state index is 10.9. The van der Waals surface area contributed by atoms with Gasteiger partial charge in [0.1, 0.15) is 0 Å². The van der Waals surface area contributed by atoms with Gasteiger partial charge in [-0.3, -0.25) is 9.69 Å². The van der Waals surface area contributed by atoms with Gasteiger partial charge in [0.05, 0.1) is 12.2 Å². The molecule has 0 aliphatic carbocycles. The van der Waals surface area contributed by atoms with Crippen molar-refractivity contribution in [1.82, 2.24) is 4.90 Å². The molecule has 0 fully saturated rings. The third-order valence-electron chi connectivity index (χ3n) is 7.58. The average molecular weight is 528 g/mol. The number of unbranched alkanes of at least 4 members (excludes halogenated alkanes) is 18. The molecule has 222 valence electrons. The van der Waals surface area contributed by atoms with Crippen molar-refractivity contribution in [3.63, 3.8) is 0 Å². The normalized spacial score (nSPS) is 13.3. The number of aliphatic hydroxyl groups is 2. The van der Waals surface area contributed by atoms with E-state index in [-0.39, 0.29) is 6.42 Å². The van der Waals surface area contributed by atoms with E-state index in [2.05, 4.69) is 18.7 Å². The Labute approximate surface area is 230 Å². The van der Waals surface area contributed by atoms with Crippen LogP contribution in [0.5, 0.6) is 0 Å². The fourth-order valence-electron chi connectivity index (χ4n) is 5.22. The molecule has 0 amide bonds. The van der Waals surface area contributed by atoms with Gasteiger partial charge in [-0.05, 0) is 25.8 Å². The van der Waals surface area contributed by atoms with E-state index in [4.69, 9.17) is 5.11 Å². The summed E-state index contributed by atoms with van der Waals surface area (Å²) >= 11 is 0. The molecule has 0 aliphatic rings. The highest BCUT2D eigenvalue weighted by atomic mass is 16.4. The lowest BCUT2D eigenvalue weighted by molar-refractivity contribution is -0.137. The van der Waals surface area contributed by atoms with Gasteiger partial charge in [-0.25, -0.2) is 0 Å². The second-order valence-corrected chi connectivity index (χ2v) is 11.5. The number of aliphatic hydroxyl groups excluding tert-OH is 2. The molecule has 0 aromatic heterocycles. The van der Waals surface area contributed by atoms with E-state index in [1.807, 2.05) is 0 Å².